The summed E-state index contributed by atoms with van der Waals surface area (Å²) in [5, 5.41) is 1.32. The molecular formula is C27H21FO5. The first-order chi connectivity index (χ1) is 15.7. The van der Waals surface area contributed by atoms with Crippen LogP contribution in [0.25, 0.3) is 33.1 Å². The van der Waals surface area contributed by atoms with Gasteiger partial charge < -0.3 is 13.9 Å². The van der Waals surface area contributed by atoms with Gasteiger partial charge in [0, 0.05) is 33.0 Å². The summed E-state index contributed by atoms with van der Waals surface area (Å²) < 4.78 is 31.9. The lowest BCUT2D eigenvalue weighted by molar-refractivity contribution is -0.130. The predicted octanol–water partition coefficient (Wildman–Crippen LogP) is 6.66. The van der Waals surface area contributed by atoms with Crippen LogP contribution < -0.4 is 9.47 Å². The Bertz CT molecular complexity index is 1460. The molecule has 0 aliphatic rings. The Labute approximate surface area is 189 Å². The molecule has 166 valence electrons. The first-order valence-corrected chi connectivity index (χ1v) is 10.2. The Kier molecular flexibility index (Phi) is 5.60. The lowest BCUT2D eigenvalue weighted by Crippen LogP contribution is -2.08. The van der Waals surface area contributed by atoms with Crippen LogP contribution >= 0.6 is 0 Å². The van der Waals surface area contributed by atoms with E-state index in [0.29, 0.717) is 44.5 Å². The van der Waals surface area contributed by atoms with Gasteiger partial charge in [0.05, 0.1) is 0 Å². The third kappa shape index (κ3) is 4.03. The highest BCUT2D eigenvalue weighted by Crippen LogP contribution is 2.39. The molecule has 4 aromatic rings. The first-order valence-electron chi connectivity index (χ1n) is 10.2. The van der Waals surface area contributed by atoms with Gasteiger partial charge >= 0.3 is 11.9 Å². The van der Waals surface area contributed by atoms with Crippen LogP contribution in [0.4, 0.5) is 4.39 Å². The van der Waals surface area contributed by atoms with Gasteiger partial charge in [0.15, 0.2) is 11.4 Å². The van der Waals surface area contributed by atoms with Gasteiger partial charge in [-0.3, -0.25) is 0 Å². The van der Waals surface area contributed by atoms with Gasteiger partial charge in [-0.15, -0.1) is 0 Å². The van der Waals surface area contributed by atoms with E-state index in [0.717, 1.165) is 0 Å². The number of ether oxygens (including phenoxy) is 2. The third-order valence-electron chi connectivity index (χ3n) is 5.22. The van der Waals surface area contributed by atoms with E-state index in [9.17, 15) is 9.59 Å². The van der Waals surface area contributed by atoms with E-state index in [1.807, 2.05) is 0 Å². The highest BCUT2D eigenvalue weighted by Gasteiger charge is 2.19. The second-order valence-corrected chi connectivity index (χ2v) is 7.84. The Morgan fingerprint density at radius 2 is 1.39 bits per heavy atom. The molecule has 0 aliphatic carbocycles. The zero-order valence-corrected chi connectivity index (χ0v) is 18.5. The van der Waals surface area contributed by atoms with E-state index in [1.165, 1.54) is 0 Å². The van der Waals surface area contributed by atoms with Crippen molar-refractivity contribution in [2.75, 3.05) is 0 Å². The molecule has 0 spiro atoms. The number of rotatable bonds is 5. The molecule has 4 rings (SSSR count). The second-order valence-electron chi connectivity index (χ2n) is 7.84. The number of fused-ring (bicyclic) bond motifs is 3. The molecule has 0 radical (unpaired) electrons. The van der Waals surface area contributed by atoms with Crippen molar-refractivity contribution < 1.29 is 27.9 Å². The molecule has 3 aromatic carbocycles. The van der Waals surface area contributed by atoms with Crippen LogP contribution in [-0.4, -0.2) is 11.9 Å². The van der Waals surface area contributed by atoms with Crippen LogP contribution in [0.5, 0.6) is 11.5 Å². The average Bonchev–Trinajstić information content (AvgIpc) is 3.17. The minimum Gasteiger partial charge on any atom is -0.453 e. The summed E-state index contributed by atoms with van der Waals surface area (Å²) in [4.78, 5) is 23.6. The Morgan fingerprint density at radius 3 is 2.03 bits per heavy atom. The smallest absolute Gasteiger partial charge is 0.338 e. The Balaban J connectivity index is 1.74. The predicted molar refractivity (Wildman–Crippen MR) is 125 cm³/mol. The topological polar surface area (TPSA) is 65.7 Å². The summed E-state index contributed by atoms with van der Waals surface area (Å²) in [6, 6.07) is 13.3. The average molecular weight is 444 g/mol. The summed E-state index contributed by atoms with van der Waals surface area (Å²) >= 11 is 0. The van der Waals surface area contributed by atoms with Gasteiger partial charge in [0.1, 0.15) is 17.1 Å². The van der Waals surface area contributed by atoms with Crippen LogP contribution in [0.3, 0.4) is 0 Å². The summed E-state index contributed by atoms with van der Waals surface area (Å²) in [5.74, 6) is -0.921. The fraction of sp³-hybridized carbons (Fsp3) is 0.111. The van der Waals surface area contributed by atoms with Crippen molar-refractivity contribution in [2.24, 2.45) is 0 Å². The Hall–Kier alpha value is -4.19. The van der Waals surface area contributed by atoms with Crippen molar-refractivity contribution in [1.29, 1.82) is 0 Å². The number of carbonyl (C=O) groups excluding carboxylic acids is 2. The second kappa shape index (κ2) is 8.39. The first kappa shape index (κ1) is 22.0. The van der Waals surface area contributed by atoms with Gasteiger partial charge in [0.2, 0.25) is 0 Å². The van der Waals surface area contributed by atoms with E-state index in [2.05, 4.69) is 13.2 Å². The van der Waals surface area contributed by atoms with E-state index in [1.54, 1.807) is 69.3 Å². The van der Waals surface area contributed by atoms with E-state index in [4.69, 9.17) is 13.9 Å². The number of carbonyl (C=O) groups is 2. The molecule has 5 nitrogen and oxygen atoms in total. The standard InChI is InChI=1S/C27H21FO5/c1-14(2)26(29)31-18-8-6-17(7-9-18)19-10-11-21-20-12-13-22(32-27(30)15(3)4)16(5)24(20)33-25(21)23(19)28/h6-13H,1,3H2,2,4-5H3. The third-order valence-corrected chi connectivity index (χ3v) is 5.22. The van der Waals surface area contributed by atoms with Crippen LogP contribution in [0.15, 0.2) is 77.3 Å². The van der Waals surface area contributed by atoms with Crippen LogP contribution in [-0.2, 0) is 9.59 Å². The summed E-state index contributed by atoms with van der Waals surface area (Å²) in [7, 11) is 0. The zero-order chi connectivity index (χ0) is 23.9. The molecule has 0 atom stereocenters. The SMILES string of the molecule is C=C(C)C(=O)Oc1ccc(-c2ccc3c(oc4c(C)c(OC(=O)C(=C)C)ccc43)c2F)cc1. The van der Waals surface area contributed by atoms with Gasteiger partial charge in [-0.1, -0.05) is 31.4 Å². The number of aryl methyl sites for hydroxylation is 1. The molecule has 0 aliphatic heterocycles. The molecule has 0 saturated heterocycles. The number of esters is 2. The van der Waals surface area contributed by atoms with Crippen molar-refractivity contribution in [3.8, 4) is 22.6 Å². The summed E-state index contributed by atoms with van der Waals surface area (Å²) in [6.45, 7) is 12.0. The molecular weight excluding hydrogens is 423 g/mol. The molecule has 0 unspecified atom stereocenters. The lowest BCUT2D eigenvalue weighted by Gasteiger charge is -2.07. The van der Waals surface area contributed by atoms with Crippen LogP contribution in [0.1, 0.15) is 19.4 Å². The number of benzene rings is 3. The number of hydrogen-bond acceptors (Lipinski definition) is 5. The minimum absolute atomic E-state index is 0.103. The zero-order valence-electron chi connectivity index (χ0n) is 18.5. The normalized spacial score (nSPS) is 10.9. The molecule has 0 saturated carbocycles. The van der Waals surface area contributed by atoms with Gasteiger partial charge in [-0.25, -0.2) is 14.0 Å². The summed E-state index contributed by atoms with van der Waals surface area (Å²) in [5.41, 5.74) is 2.62. The molecule has 0 bridgehead atoms. The van der Waals surface area contributed by atoms with Gasteiger partial charge in [-0.05, 0) is 56.7 Å². The molecule has 1 heterocycles. The number of furan rings is 1. The number of hydrogen-bond donors (Lipinski definition) is 0. The van der Waals surface area contributed by atoms with Gasteiger partial charge in [-0.2, -0.15) is 0 Å². The van der Waals surface area contributed by atoms with Crippen molar-refractivity contribution in [2.45, 2.75) is 20.8 Å². The minimum atomic E-state index is -0.542. The molecule has 1 aromatic heterocycles. The molecule has 0 N–H and O–H groups in total. The fourth-order valence-corrected chi connectivity index (χ4v) is 3.40. The quantitative estimate of drug-likeness (QED) is 0.196. The monoisotopic (exact) mass is 444 g/mol. The van der Waals surface area contributed by atoms with Crippen molar-refractivity contribution >= 4 is 33.9 Å². The van der Waals surface area contributed by atoms with E-state index < -0.39 is 17.8 Å². The maximum Gasteiger partial charge on any atom is 0.338 e. The molecule has 0 fully saturated rings. The van der Waals surface area contributed by atoms with Gasteiger partial charge in [0.25, 0.3) is 0 Å². The maximum atomic E-state index is 15.5. The van der Waals surface area contributed by atoms with Crippen molar-refractivity contribution in [1.82, 2.24) is 0 Å². The van der Waals surface area contributed by atoms with Crippen LogP contribution in [0, 0.1) is 12.7 Å². The van der Waals surface area contributed by atoms with E-state index >= 15 is 4.39 Å². The Morgan fingerprint density at radius 1 is 0.818 bits per heavy atom. The summed E-state index contributed by atoms with van der Waals surface area (Å²) in [6.07, 6.45) is 0. The molecule has 0 amide bonds. The highest BCUT2D eigenvalue weighted by atomic mass is 19.1. The van der Waals surface area contributed by atoms with Crippen LogP contribution in [0.2, 0.25) is 0 Å². The molecule has 6 heteroatoms. The molecule has 33 heavy (non-hydrogen) atoms. The largest absolute Gasteiger partial charge is 0.453 e. The maximum absolute atomic E-state index is 15.5. The van der Waals surface area contributed by atoms with Crippen molar-refractivity contribution in [3.63, 3.8) is 0 Å². The highest BCUT2D eigenvalue weighted by molar-refractivity contribution is 6.08. The number of halogens is 1. The van der Waals surface area contributed by atoms with Crippen molar-refractivity contribution in [3.05, 3.63) is 84.2 Å². The fourth-order valence-electron chi connectivity index (χ4n) is 3.40. The lowest BCUT2D eigenvalue weighted by atomic mass is 10.0. The van der Waals surface area contributed by atoms with E-state index in [-0.39, 0.29) is 16.7 Å².